The van der Waals surface area contributed by atoms with E-state index in [1.807, 2.05) is 4.90 Å². The van der Waals surface area contributed by atoms with Crippen molar-refractivity contribution < 1.29 is 4.90 Å². The largest absolute Gasteiger partial charge is 0.512 e. The highest BCUT2D eigenvalue weighted by atomic mass is 15.2. The standard InChI is InChI=1S/C20H41N.CN/c1-3-5-6-7-8-9-10-11-12-14-18-21-19-15-13-17-20(21)16-4-2;1-2/h20H,3-19H2,1-2H3;/q;-1/p+1. The third kappa shape index (κ3) is 12.5. The minimum Gasteiger partial charge on any atom is -0.512 e. The molecule has 0 amide bonds. The van der Waals surface area contributed by atoms with Gasteiger partial charge in [-0.3, -0.25) is 0 Å². The van der Waals surface area contributed by atoms with E-state index in [4.69, 9.17) is 11.8 Å². The van der Waals surface area contributed by atoms with Crippen LogP contribution in [0.1, 0.15) is 110 Å². The number of hydrogen-bond donors (Lipinski definition) is 1. The molecule has 2 atom stereocenters. The minimum absolute atomic E-state index is 1.00. The molecule has 23 heavy (non-hydrogen) atoms. The Bertz CT molecular complexity index is 247. The summed E-state index contributed by atoms with van der Waals surface area (Å²) in [4.78, 5) is 1.95. The first-order valence-electron chi connectivity index (χ1n) is 10.5. The first-order chi connectivity index (χ1) is 11.4. The maximum absolute atomic E-state index is 6.25. The number of nitrogens with one attached hydrogen (secondary N) is 1. The Balaban J connectivity index is 0.00000232. The van der Waals surface area contributed by atoms with Crippen LogP contribution >= 0.6 is 0 Å². The van der Waals surface area contributed by atoms with Gasteiger partial charge in [0.15, 0.2) is 0 Å². The Labute approximate surface area is 146 Å². The summed E-state index contributed by atoms with van der Waals surface area (Å²) in [5.41, 5.74) is 0. The molecule has 0 aliphatic carbocycles. The summed E-state index contributed by atoms with van der Waals surface area (Å²) >= 11 is 0. The van der Waals surface area contributed by atoms with Crippen LogP contribution in [0, 0.1) is 11.8 Å². The number of nitrogens with zero attached hydrogens (tertiary/aromatic N) is 1. The van der Waals surface area contributed by atoms with Crippen LogP contribution in [-0.4, -0.2) is 19.1 Å². The van der Waals surface area contributed by atoms with Crippen LogP contribution in [0.4, 0.5) is 0 Å². The maximum atomic E-state index is 6.25. The molecule has 2 nitrogen and oxygen atoms in total. The molecule has 136 valence electrons. The number of piperidine rings is 1. The fourth-order valence-electron chi connectivity index (χ4n) is 4.02. The van der Waals surface area contributed by atoms with Crippen LogP contribution in [0.5, 0.6) is 0 Å². The molecular formula is C21H42N2. The van der Waals surface area contributed by atoms with Crippen molar-refractivity contribution in [2.75, 3.05) is 13.1 Å². The lowest BCUT2D eigenvalue weighted by atomic mass is 9.97. The van der Waals surface area contributed by atoms with Gasteiger partial charge >= 0.3 is 0 Å². The Kier molecular flexibility index (Phi) is 17.4. The van der Waals surface area contributed by atoms with Crippen molar-refractivity contribution in [1.82, 2.24) is 0 Å². The fourth-order valence-corrected chi connectivity index (χ4v) is 4.02. The summed E-state index contributed by atoms with van der Waals surface area (Å²) in [6, 6.07) is 1.00. The average molecular weight is 323 g/mol. The topological polar surface area (TPSA) is 28.2 Å². The second-order valence-corrected chi connectivity index (χ2v) is 7.32. The third-order valence-electron chi connectivity index (χ3n) is 5.37. The normalized spacial score (nSPS) is 20.7. The van der Waals surface area contributed by atoms with Gasteiger partial charge < -0.3 is 16.7 Å². The van der Waals surface area contributed by atoms with Gasteiger partial charge in [0.2, 0.25) is 0 Å². The lowest BCUT2D eigenvalue weighted by Crippen LogP contribution is -3.16. The molecule has 1 heterocycles. The van der Waals surface area contributed by atoms with Crippen LogP contribution in [0.25, 0.3) is 0 Å². The van der Waals surface area contributed by atoms with E-state index < -0.39 is 0 Å². The first-order valence-corrected chi connectivity index (χ1v) is 10.5. The number of hydrogen-bond acceptors (Lipinski definition) is 1. The van der Waals surface area contributed by atoms with Crippen molar-refractivity contribution in [3.05, 3.63) is 6.57 Å². The van der Waals surface area contributed by atoms with Gasteiger partial charge in [0, 0.05) is 0 Å². The van der Waals surface area contributed by atoms with E-state index >= 15 is 0 Å². The van der Waals surface area contributed by atoms with E-state index in [0.29, 0.717) is 0 Å². The summed E-state index contributed by atoms with van der Waals surface area (Å²) < 4.78 is 0. The zero-order chi connectivity index (χ0) is 17.2. The minimum atomic E-state index is 1.00. The zero-order valence-corrected chi connectivity index (χ0v) is 16.0. The van der Waals surface area contributed by atoms with Crippen LogP contribution < -0.4 is 4.90 Å². The lowest BCUT2D eigenvalue weighted by Gasteiger charge is -2.32. The average Bonchev–Trinajstić information content (AvgIpc) is 2.60. The molecule has 0 bridgehead atoms. The molecule has 0 saturated carbocycles. The molecule has 2 unspecified atom stereocenters. The van der Waals surface area contributed by atoms with Gasteiger partial charge in [0.1, 0.15) is 0 Å². The summed E-state index contributed by atoms with van der Waals surface area (Å²) in [6.45, 7) is 12.3. The predicted molar refractivity (Wildman–Crippen MR) is 100 cm³/mol. The molecule has 2 heteroatoms. The maximum Gasteiger partial charge on any atom is 0.0874 e. The van der Waals surface area contributed by atoms with Gasteiger partial charge in [-0.2, -0.15) is 0 Å². The van der Waals surface area contributed by atoms with Gasteiger partial charge in [-0.25, -0.2) is 0 Å². The summed E-state index contributed by atoms with van der Waals surface area (Å²) in [7, 11) is 0. The molecule has 1 saturated heterocycles. The van der Waals surface area contributed by atoms with Crippen molar-refractivity contribution in [3.63, 3.8) is 0 Å². The Morgan fingerprint density at radius 2 is 1.35 bits per heavy atom. The molecule has 0 aromatic rings. The molecule has 0 spiro atoms. The van der Waals surface area contributed by atoms with Crippen molar-refractivity contribution >= 4 is 0 Å². The van der Waals surface area contributed by atoms with Crippen LogP contribution in [0.3, 0.4) is 0 Å². The van der Waals surface area contributed by atoms with Crippen molar-refractivity contribution in [3.8, 4) is 0 Å². The van der Waals surface area contributed by atoms with Crippen molar-refractivity contribution in [2.24, 2.45) is 0 Å². The zero-order valence-electron chi connectivity index (χ0n) is 16.0. The predicted octanol–water partition coefficient (Wildman–Crippen LogP) is 5.24. The third-order valence-corrected chi connectivity index (χ3v) is 5.37. The molecule has 1 fully saturated rings. The van der Waals surface area contributed by atoms with E-state index in [9.17, 15) is 0 Å². The molecule has 1 N–H and O–H groups in total. The van der Waals surface area contributed by atoms with Gasteiger partial charge in [-0.15, -0.1) is 0 Å². The number of likely N-dealkylation sites (tertiary alicyclic amines) is 1. The Hall–Kier alpha value is -0.550. The lowest BCUT2D eigenvalue weighted by molar-refractivity contribution is -0.931. The van der Waals surface area contributed by atoms with Crippen LogP contribution in [-0.2, 0) is 0 Å². The number of unbranched alkanes of at least 4 members (excludes halogenated alkanes) is 9. The smallest absolute Gasteiger partial charge is 0.0874 e. The summed E-state index contributed by atoms with van der Waals surface area (Å²) in [6.07, 6.45) is 22.0. The second-order valence-electron chi connectivity index (χ2n) is 7.32. The molecule has 1 aliphatic heterocycles. The van der Waals surface area contributed by atoms with Crippen LogP contribution in [0.15, 0.2) is 0 Å². The monoisotopic (exact) mass is 322 g/mol. The molecule has 0 aromatic carbocycles. The SMILES string of the molecule is CCCCCCCCCCCC[NH+]1CCCCC1CCC.[C-]#N. The van der Waals surface area contributed by atoms with E-state index in [0.717, 1.165) is 6.04 Å². The van der Waals surface area contributed by atoms with Crippen molar-refractivity contribution in [2.45, 2.75) is 116 Å². The molecule has 1 aliphatic rings. The van der Waals surface area contributed by atoms with E-state index in [1.54, 1.807) is 0 Å². The van der Waals surface area contributed by atoms with E-state index in [-0.39, 0.29) is 0 Å². The highest BCUT2D eigenvalue weighted by molar-refractivity contribution is 4.61. The number of rotatable bonds is 13. The quantitative estimate of drug-likeness (QED) is 0.364. The Morgan fingerprint density at radius 3 is 1.91 bits per heavy atom. The molecule has 0 aromatic heterocycles. The summed E-state index contributed by atoms with van der Waals surface area (Å²) in [5, 5.41) is 6.25. The first kappa shape index (κ1) is 22.4. The van der Waals surface area contributed by atoms with E-state index in [1.165, 1.54) is 109 Å². The molecule has 1 rings (SSSR count). The molecular weight excluding hydrogens is 280 g/mol. The highest BCUT2D eigenvalue weighted by Gasteiger charge is 2.24. The Morgan fingerprint density at radius 1 is 0.783 bits per heavy atom. The highest BCUT2D eigenvalue weighted by Crippen LogP contribution is 2.11. The summed E-state index contributed by atoms with van der Waals surface area (Å²) in [5.74, 6) is 0. The van der Waals surface area contributed by atoms with Crippen LogP contribution in [0.2, 0.25) is 0 Å². The van der Waals surface area contributed by atoms with E-state index in [2.05, 4.69) is 13.8 Å². The fraction of sp³-hybridized carbons (Fsp3) is 0.952. The number of quaternary nitrogens is 1. The molecule has 0 radical (unpaired) electrons. The van der Waals surface area contributed by atoms with Gasteiger partial charge in [0.05, 0.1) is 19.1 Å². The van der Waals surface area contributed by atoms with Gasteiger partial charge in [0.25, 0.3) is 0 Å². The van der Waals surface area contributed by atoms with Gasteiger partial charge in [-0.1, -0.05) is 71.6 Å². The second kappa shape index (κ2) is 17.8. The van der Waals surface area contributed by atoms with Gasteiger partial charge in [-0.05, 0) is 38.5 Å². The van der Waals surface area contributed by atoms with Crippen molar-refractivity contribution in [1.29, 1.82) is 5.26 Å².